The highest BCUT2D eigenvalue weighted by Crippen LogP contribution is 2.30. The zero-order valence-corrected chi connectivity index (χ0v) is 20.5. The number of rotatable bonds is 9. The highest BCUT2D eigenvalue weighted by Gasteiger charge is 2.17. The Morgan fingerprint density at radius 3 is 2.49 bits per heavy atom. The first-order valence-corrected chi connectivity index (χ1v) is 11.8. The molecule has 0 aliphatic rings. The number of ether oxygens (including phenoxy) is 2. The summed E-state index contributed by atoms with van der Waals surface area (Å²) in [7, 11) is 3.12. The molecule has 0 unspecified atom stereocenters. The number of thioether (sulfide) groups is 1. The Balaban J connectivity index is 1.49. The Morgan fingerprint density at radius 1 is 1.00 bits per heavy atom. The number of benzene rings is 3. The Labute approximate surface area is 208 Å². The van der Waals surface area contributed by atoms with Crippen LogP contribution in [-0.4, -0.2) is 46.9 Å². The molecule has 3 aromatic carbocycles. The van der Waals surface area contributed by atoms with Gasteiger partial charge in [-0.1, -0.05) is 65.9 Å². The number of hydrogen-bond donors (Lipinski definition) is 1. The Hall–Kier alpha value is -4.11. The third-order valence-electron chi connectivity index (χ3n) is 5.12. The molecule has 35 heavy (non-hydrogen) atoms. The number of amides is 1. The summed E-state index contributed by atoms with van der Waals surface area (Å²) >= 11 is 1.29. The van der Waals surface area contributed by atoms with Crippen molar-refractivity contribution in [2.24, 2.45) is 5.10 Å². The number of methoxy groups -OCH3 is 2. The molecule has 4 rings (SSSR count). The van der Waals surface area contributed by atoms with Crippen LogP contribution in [0, 0.1) is 6.92 Å². The van der Waals surface area contributed by atoms with Crippen LogP contribution in [-0.2, 0) is 4.79 Å². The number of hydrazone groups is 1. The number of para-hydroxylation sites is 1. The van der Waals surface area contributed by atoms with Gasteiger partial charge in [0, 0.05) is 16.8 Å². The van der Waals surface area contributed by atoms with E-state index in [2.05, 4.69) is 20.7 Å². The molecule has 1 aromatic heterocycles. The van der Waals surface area contributed by atoms with Gasteiger partial charge in [0.25, 0.3) is 5.91 Å². The van der Waals surface area contributed by atoms with Crippen molar-refractivity contribution in [3.05, 3.63) is 83.9 Å². The Kier molecular flexibility index (Phi) is 7.79. The van der Waals surface area contributed by atoms with Crippen molar-refractivity contribution in [1.82, 2.24) is 20.2 Å². The third kappa shape index (κ3) is 5.70. The minimum Gasteiger partial charge on any atom is -0.493 e. The minimum absolute atomic E-state index is 0.116. The number of nitrogens with one attached hydrogen (secondary N) is 1. The van der Waals surface area contributed by atoms with Crippen molar-refractivity contribution >= 4 is 23.9 Å². The minimum atomic E-state index is -0.271. The van der Waals surface area contributed by atoms with Crippen LogP contribution in [0.2, 0.25) is 0 Å². The van der Waals surface area contributed by atoms with Crippen molar-refractivity contribution in [3.63, 3.8) is 0 Å². The first-order valence-electron chi connectivity index (χ1n) is 10.8. The fourth-order valence-electron chi connectivity index (χ4n) is 3.41. The molecule has 0 atom stereocenters. The first-order chi connectivity index (χ1) is 17.1. The molecule has 1 N–H and O–H groups in total. The van der Waals surface area contributed by atoms with Gasteiger partial charge in [-0.15, -0.1) is 10.2 Å². The summed E-state index contributed by atoms with van der Waals surface area (Å²) < 4.78 is 12.6. The smallest absolute Gasteiger partial charge is 0.250 e. The van der Waals surface area contributed by atoms with Gasteiger partial charge in [-0.2, -0.15) is 5.10 Å². The second-order valence-electron chi connectivity index (χ2n) is 7.51. The molecule has 0 saturated heterocycles. The lowest BCUT2D eigenvalue weighted by atomic mass is 10.2. The van der Waals surface area contributed by atoms with Crippen LogP contribution in [0.15, 0.2) is 83.1 Å². The van der Waals surface area contributed by atoms with E-state index in [-0.39, 0.29) is 11.7 Å². The number of carbonyl (C=O) groups is 1. The second-order valence-corrected chi connectivity index (χ2v) is 8.45. The van der Waals surface area contributed by atoms with E-state index < -0.39 is 0 Å². The summed E-state index contributed by atoms with van der Waals surface area (Å²) in [5, 5.41) is 13.4. The Morgan fingerprint density at radius 2 is 1.77 bits per heavy atom. The lowest BCUT2D eigenvalue weighted by Crippen LogP contribution is -2.20. The molecule has 1 amide bonds. The highest BCUT2D eigenvalue weighted by molar-refractivity contribution is 7.99. The van der Waals surface area contributed by atoms with Gasteiger partial charge < -0.3 is 9.47 Å². The van der Waals surface area contributed by atoms with E-state index in [4.69, 9.17) is 9.47 Å². The van der Waals surface area contributed by atoms with E-state index >= 15 is 0 Å². The zero-order chi connectivity index (χ0) is 24.6. The van der Waals surface area contributed by atoms with E-state index in [1.165, 1.54) is 18.0 Å². The summed E-state index contributed by atoms with van der Waals surface area (Å²) in [6, 6.07) is 23.4. The van der Waals surface area contributed by atoms with E-state index in [1.807, 2.05) is 78.2 Å². The van der Waals surface area contributed by atoms with Crippen LogP contribution < -0.4 is 14.9 Å². The van der Waals surface area contributed by atoms with Crippen molar-refractivity contribution in [3.8, 4) is 28.6 Å². The zero-order valence-electron chi connectivity index (χ0n) is 19.6. The van der Waals surface area contributed by atoms with Crippen LogP contribution in [0.5, 0.6) is 11.5 Å². The lowest BCUT2D eigenvalue weighted by Gasteiger charge is -2.10. The topological polar surface area (TPSA) is 90.6 Å². The van der Waals surface area contributed by atoms with Gasteiger partial charge in [0.2, 0.25) is 0 Å². The monoisotopic (exact) mass is 487 g/mol. The van der Waals surface area contributed by atoms with Gasteiger partial charge >= 0.3 is 0 Å². The summed E-state index contributed by atoms with van der Waals surface area (Å²) in [5.74, 6) is 1.68. The van der Waals surface area contributed by atoms with E-state index in [1.54, 1.807) is 20.3 Å². The van der Waals surface area contributed by atoms with E-state index in [0.29, 0.717) is 28.0 Å². The summed E-state index contributed by atoms with van der Waals surface area (Å²) in [6.07, 6.45) is 1.52. The fraction of sp³-hybridized carbons (Fsp3) is 0.154. The lowest BCUT2D eigenvalue weighted by molar-refractivity contribution is -0.118. The van der Waals surface area contributed by atoms with Crippen molar-refractivity contribution in [2.45, 2.75) is 12.1 Å². The molecule has 8 nitrogen and oxygen atoms in total. The van der Waals surface area contributed by atoms with Crippen LogP contribution in [0.1, 0.15) is 11.1 Å². The molecule has 0 spiro atoms. The molecule has 9 heteroatoms. The fourth-order valence-corrected chi connectivity index (χ4v) is 4.16. The van der Waals surface area contributed by atoms with Crippen LogP contribution >= 0.6 is 11.8 Å². The molecular weight excluding hydrogens is 462 g/mol. The van der Waals surface area contributed by atoms with Crippen LogP contribution in [0.25, 0.3) is 17.1 Å². The van der Waals surface area contributed by atoms with Gasteiger partial charge in [0.05, 0.1) is 26.2 Å². The van der Waals surface area contributed by atoms with Crippen molar-refractivity contribution in [1.29, 1.82) is 0 Å². The summed E-state index contributed by atoms with van der Waals surface area (Å²) in [4.78, 5) is 12.5. The molecule has 178 valence electrons. The van der Waals surface area contributed by atoms with Gasteiger partial charge in [-0.25, -0.2) is 5.43 Å². The number of hydrogen-bond acceptors (Lipinski definition) is 7. The molecule has 0 aliphatic heterocycles. The quantitative estimate of drug-likeness (QED) is 0.212. The molecule has 0 saturated carbocycles. The molecule has 0 aliphatic carbocycles. The second kappa shape index (κ2) is 11.3. The number of nitrogens with zero attached hydrogens (tertiary/aromatic N) is 4. The molecule has 0 radical (unpaired) electrons. The standard InChI is InChI=1S/C26H25N5O3S/c1-18-12-14-21(15-13-18)31-25(19-8-5-4-6-9-19)29-30-26(31)35-17-23(32)28-27-16-20-10-7-11-22(33-2)24(20)34-3/h4-16H,17H2,1-3H3,(H,28,32)/b27-16+. The van der Waals surface area contributed by atoms with Gasteiger partial charge in [-0.3, -0.25) is 9.36 Å². The summed E-state index contributed by atoms with van der Waals surface area (Å²) in [5.41, 5.74) is 6.25. The predicted octanol–water partition coefficient (Wildman–Crippen LogP) is 4.50. The molecule has 4 aromatic rings. The van der Waals surface area contributed by atoms with Crippen LogP contribution in [0.4, 0.5) is 0 Å². The number of aryl methyl sites for hydroxylation is 1. The molecule has 0 bridgehead atoms. The van der Waals surface area contributed by atoms with E-state index in [9.17, 15) is 4.79 Å². The maximum Gasteiger partial charge on any atom is 0.250 e. The maximum atomic E-state index is 12.5. The van der Waals surface area contributed by atoms with Gasteiger partial charge in [0.15, 0.2) is 22.5 Å². The van der Waals surface area contributed by atoms with E-state index in [0.717, 1.165) is 16.8 Å². The maximum absolute atomic E-state index is 12.5. The van der Waals surface area contributed by atoms with Crippen LogP contribution in [0.3, 0.4) is 0 Å². The Bertz CT molecular complexity index is 1320. The van der Waals surface area contributed by atoms with Gasteiger partial charge in [0.1, 0.15) is 0 Å². The SMILES string of the molecule is COc1cccc(/C=N/NC(=O)CSc2nnc(-c3ccccc3)n2-c2ccc(C)cc2)c1OC. The number of carbonyl (C=O) groups excluding carboxylic acids is 1. The third-order valence-corrected chi connectivity index (χ3v) is 6.05. The molecule has 0 fully saturated rings. The predicted molar refractivity (Wildman–Crippen MR) is 138 cm³/mol. The van der Waals surface area contributed by atoms with Crippen molar-refractivity contribution < 1.29 is 14.3 Å². The average Bonchev–Trinajstić information content (AvgIpc) is 3.32. The highest BCUT2D eigenvalue weighted by atomic mass is 32.2. The number of aromatic nitrogens is 3. The first kappa shape index (κ1) is 24.0. The molecule has 1 heterocycles. The summed E-state index contributed by atoms with van der Waals surface area (Å²) in [6.45, 7) is 2.04. The average molecular weight is 488 g/mol. The molecular formula is C26H25N5O3S. The van der Waals surface area contributed by atoms with Gasteiger partial charge in [-0.05, 0) is 31.2 Å². The largest absolute Gasteiger partial charge is 0.493 e. The van der Waals surface area contributed by atoms with Crippen molar-refractivity contribution in [2.75, 3.05) is 20.0 Å². The normalized spacial score (nSPS) is 10.9.